The summed E-state index contributed by atoms with van der Waals surface area (Å²) in [5.74, 6) is 2.44. The van der Waals surface area contributed by atoms with Crippen LogP contribution in [0.25, 0.3) is 11.0 Å². The molecule has 1 aliphatic rings. The van der Waals surface area contributed by atoms with Crippen molar-refractivity contribution in [3.63, 3.8) is 0 Å². The summed E-state index contributed by atoms with van der Waals surface area (Å²) >= 11 is 6.00. The van der Waals surface area contributed by atoms with Crippen LogP contribution in [0.2, 0.25) is 5.02 Å². The van der Waals surface area contributed by atoms with E-state index in [1.54, 1.807) is 0 Å². The third-order valence-corrected chi connectivity index (χ3v) is 7.25. The minimum absolute atomic E-state index is 0.176. The molecule has 37 heavy (non-hydrogen) atoms. The molecule has 1 saturated heterocycles. The molecular formula is C30H40ClN3O3. The fourth-order valence-corrected chi connectivity index (χ4v) is 5.11. The molecule has 2 aromatic carbocycles. The molecule has 0 aliphatic carbocycles. The molecular weight excluding hydrogens is 486 g/mol. The topological polar surface area (TPSA) is 56.6 Å². The van der Waals surface area contributed by atoms with E-state index in [0.29, 0.717) is 17.5 Å². The lowest BCUT2D eigenvalue weighted by Crippen LogP contribution is -2.41. The van der Waals surface area contributed by atoms with Crippen LogP contribution in [-0.2, 0) is 17.9 Å². The molecule has 6 nitrogen and oxygen atoms in total. The third kappa shape index (κ3) is 7.64. The number of amides is 1. The Balaban J connectivity index is 1.26. The standard InChI is InChI=1S/C30H40ClN3O3/c1-22-9-8-11-26-28(22)32-27(21-36-25-14-12-24(31)13-15-25)34(26)18-7-5-6-10-23-16-19-33(20-17-23)29(35)37-30(2,3)4/h8-9,11-15,23H,5-7,10,16-21H2,1-4H3. The third-order valence-electron chi connectivity index (χ3n) is 7.00. The van der Waals surface area contributed by atoms with Crippen LogP contribution >= 0.6 is 11.6 Å². The lowest BCUT2D eigenvalue weighted by Gasteiger charge is -2.33. The average molecular weight is 526 g/mol. The Bertz CT molecular complexity index is 1180. The van der Waals surface area contributed by atoms with Gasteiger partial charge in [-0.1, -0.05) is 43.0 Å². The van der Waals surface area contributed by atoms with Gasteiger partial charge in [0.2, 0.25) is 0 Å². The summed E-state index contributed by atoms with van der Waals surface area (Å²) in [6.45, 7) is 10.8. The van der Waals surface area contributed by atoms with Gasteiger partial charge in [-0.25, -0.2) is 9.78 Å². The number of carbonyl (C=O) groups is 1. The highest BCUT2D eigenvalue weighted by Gasteiger charge is 2.26. The number of hydrogen-bond donors (Lipinski definition) is 0. The van der Waals surface area contributed by atoms with Crippen molar-refractivity contribution < 1.29 is 14.3 Å². The predicted octanol–water partition coefficient (Wildman–Crippen LogP) is 7.78. The number of nitrogens with zero attached hydrogens (tertiary/aromatic N) is 3. The van der Waals surface area contributed by atoms with Gasteiger partial charge in [-0.15, -0.1) is 0 Å². The molecule has 4 rings (SSSR count). The first-order chi connectivity index (χ1) is 17.7. The summed E-state index contributed by atoms with van der Waals surface area (Å²) < 4.78 is 13.9. The number of benzene rings is 2. The summed E-state index contributed by atoms with van der Waals surface area (Å²) in [4.78, 5) is 19.1. The molecule has 1 amide bonds. The SMILES string of the molecule is Cc1cccc2c1nc(COc1ccc(Cl)cc1)n2CCCCCC1CCN(C(=O)OC(C)(C)C)CC1. The predicted molar refractivity (Wildman–Crippen MR) is 149 cm³/mol. The summed E-state index contributed by atoms with van der Waals surface area (Å²) in [6, 6.07) is 13.8. The van der Waals surface area contributed by atoms with Gasteiger partial charge in [0.05, 0.1) is 11.0 Å². The molecule has 0 spiro atoms. The first-order valence-electron chi connectivity index (χ1n) is 13.5. The van der Waals surface area contributed by atoms with Crippen molar-refractivity contribution in [1.29, 1.82) is 0 Å². The number of imidazole rings is 1. The zero-order chi connectivity index (χ0) is 26.4. The molecule has 0 N–H and O–H groups in total. The van der Waals surface area contributed by atoms with Crippen molar-refractivity contribution in [2.24, 2.45) is 5.92 Å². The lowest BCUT2D eigenvalue weighted by atomic mass is 9.91. The van der Waals surface area contributed by atoms with Gasteiger partial charge in [-0.3, -0.25) is 0 Å². The van der Waals surface area contributed by atoms with Crippen molar-refractivity contribution >= 4 is 28.7 Å². The van der Waals surface area contributed by atoms with E-state index in [1.165, 1.54) is 30.3 Å². The van der Waals surface area contributed by atoms with Crippen molar-refractivity contribution in [2.45, 2.75) is 85.0 Å². The minimum Gasteiger partial charge on any atom is -0.486 e. The molecule has 200 valence electrons. The van der Waals surface area contributed by atoms with E-state index in [4.69, 9.17) is 26.1 Å². The largest absolute Gasteiger partial charge is 0.486 e. The summed E-state index contributed by atoms with van der Waals surface area (Å²) in [7, 11) is 0. The van der Waals surface area contributed by atoms with Crippen LogP contribution in [0.15, 0.2) is 42.5 Å². The van der Waals surface area contributed by atoms with Crippen molar-refractivity contribution in [3.05, 3.63) is 58.9 Å². The number of carbonyl (C=O) groups excluding carboxylic acids is 1. The van der Waals surface area contributed by atoms with Crippen LogP contribution in [0.4, 0.5) is 4.79 Å². The first-order valence-corrected chi connectivity index (χ1v) is 13.9. The van der Waals surface area contributed by atoms with E-state index in [-0.39, 0.29) is 6.09 Å². The molecule has 0 saturated carbocycles. The van der Waals surface area contributed by atoms with Gasteiger partial charge in [0.1, 0.15) is 23.8 Å². The molecule has 1 aromatic heterocycles. The van der Waals surface area contributed by atoms with Crippen LogP contribution in [0, 0.1) is 12.8 Å². The van der Waals surface area contributed by atoms with E-state index >= 15 is 0 Å². The molecule has 7 heteroatoms. The van der Waals surface area contributed by atoms with Crippen LogP contribution in [0.3, 0.4) is 0 Å². The zero-order valence-electron chi connectivity index (χ0n) is 22.6. The van der Waals surface area contributed by atoms with E-state index < -0.39 is 5.60 Å². The highest BCUT2D eigenvalue weighted by molar-refractivity contribution is 6.30. The second-order valence-corrected chi connectivity index (χ2v) is 11.6. The van der Waals surface area contributed by atoms with E-state index in [1.807, 2.05) is 49.9 Å². The quantitative estimate of drug-likeness (QED) is 0.267. The normalized spacial score (nSPS) is 14.8. The van der Waals surface area contributed by atoms with Gasteiger partial charge in [0, 0.05) is 24.7 Å². The maximum absolute atomic E-state index is 12.3. The number of unbranched alkanes of at least 4 members (excludes halogenated alkanes) is 2. The van der Waals surface area contributed by atoms with Crippen LogP contribution in [0.5, 0.6) is 5.75 Å². The Labute approximate surface area is 225 Å². The number of ether oxygens (including phenoxy) is 2. The van der Waals surface area contributed by atoms with Crippen molar-refractivity contribution in [3.8, 4) is 5.75 Å². The summed E-state index contributed by atoms with van der Waals surface area (Å²) in [5, 5.41) is 0.698. The second-order valence-electron chi connectivity index (χ2n) is 11.1. The van der Waals surface area contributed by atoms with Gasteiger partial charge in [-0.2, -0.15) is 0 Å². The van der Waals surface area contributed by atoms with Crippen LogP contribution in [-0.4, -0.2) is 39.2 Å². The van der Waals surface area contributed by atoms with Gasteiger partial charge >= 0.3 is 6.09 Å². The zero-order valence-corrected chi connectivity index (χ0v) is 23.4. The molecule has 0 bridgehead atoms. The molecule has 3 aromatic rings. The molecule has 2 heterocycles. The number of fused-ring (bicyclic) bond motifs is 1. The maximum Gasteiger partial charge on any atom is 0.410 e. The molecule has 0 atom stereocenters. The Morgan fingerprint density at radius 2 is 1.78 bits per heavy atom. The van der Waals surface area contributed by atoms with Gasteiger partial charge in [0.25, 0.3) is 0 Å². The number of likely N-dealkylation sites (tertiary alicyclic amines) is 1. The Kier molecular flexibility index (Phi) is 9.01. The fraction of sp³-hybridized carbons (Fsp3) is 0.533. The molecule has 0 unspecified atom stereocenters. The highest BCUT2D eigenvalue weighted by Crippen LogP contribution is 2.26. The van der Waals surface area contributed by atoms with E-state index in [2.05, 4.69) is 29.7 Å². The minimum atomic E-state index is -0.435. The second kappa shape index (κ2) is 12.2. The van der Waals surface area contributed by atoms with Crippen LogP contribution in [0.1, 0.15) is 70.7 Å². The number of hydrogen-bond acceptors (Lipinski definition) is 4. The first kappa shape index (κ1) is 27.3. The number of piperidine rings is 1. The molecule has 1 aliphatic heterocycles. The smallest absolute Gasteiger partial charge is 0.410 e. The average Bonchev–Trinajstić information content (AvgIpc) is 3.21. The summed E-state index contributed by atoms with van der Waals surface area (Å²) in [6.07, 6.45) is 6.66. The number of para-hydroxylation sites is 1. The van der Waals surface area contributed by atoms with Gasteiger partial charge in [-0.05, 0) is 88.8 Å². The van der Waals surface area contributed by atoms with Gasteiger partial charge in [0.15, 0.2) is 0 Å². The lowest BCUT2D eigenvalue weighted by molar-refractivity contribution is 0.0180. The van der Waals surface area contributed by atoms with Crippen molar-refractivity contribution in [2.75, 3.05) is 13.1 Å². The van der Waals surface area contributed by atoms with E-state index in [0.717, 1.165) is 56.0 Å². The number of halogens is 1. The maximum atomic E-state index is 12.3. The Hall–Kier alpha value is -2.73. The van der Waals surface area contributed by atoms with E-state index in [9.17, 15) is 4.79 Å². The number of rotatable bonds is 9. The Morgan fingerprint density at radius 3 is 2.49 bits per heavy atom. The molecule has 1 fully saturated rings. The van der Waals surface area contributed by atoms with Crippen molar-refractivity contribution in [1.82, 2.24) is 14.5 Å². The summed E-state index contributed by atoms with van der Waals surface area (Å²) in [5.41, 5.74) is 2.97. The number of aromatic nitrogens is 2. The Morgan fingerprint density at radius 1 is 1.05 bits per heavy atom. The van der Waals surface area contributed by atoms with Crippen LogP contribution < -0.4 is 4.74 Å². The monoisotopic (exact) mass is 525 g/mol. The number of aryl methyl sites for hydroxylation is 2. The highest BCUT2D eigenvalue weighted by atomic mass is 35.5. The van der Waals surface area contributed by atoms with Gasteiger partial charge < -0.3 is 18.9 Å². The fourth-order valence-electron chi connectivity index (χ4n) is 4.98. The molecule has 0 radical (unpaired) electrons.